The summed E-state index contributed by atoms with van der Waals surface area (Å²) in [5.74, 6) is 0.150. The van der Waals surface area contributed by atoms with E-state index in [1.807, 2.05) is 25.1 Å². The number of likely N-dealkylation sites (tertiary alicyclic amines) is 1. The fourth-order valence-corrected chi connectivity index (χ4v) is 4.35. The lowest BCUT2D eigenvalue weighted by atomic mass is 9.98. The highest BCUT2D eigenvalue weighted by atomic mass is 32.2. The summed E-state index contributed by atoms with van der Waals surface area (Å²) in [6, 6.07) is 8.57. The average molecular weight is 340 g/mol. The molecule has 6 heteroatoms. The molecule has 0 spiro atoms. The molecule has 5 nitrogen and oxygen atoms in total. The van der Waals surface area contributed by atoms with Crippen LogP contribution in [0.15, 0.2) is 24.3 Å². The van der Waals surface area contributed by atoms with Crippen molar-refractivity contribution >= 4 is 21.4 Å². The lowest BCUT2D eigenvalue weighted by Gasteiger charge is -2.37. The Kier molecular flexibility index (Phi) is 6.30. The van der Waals surface area contributed by atoms with E-state index in [9.17, 15) is 8.42 Å². The molecule has 0 amide bonds. The van der Waals surface area contributed by atoms with Crippen LogP contribution in [0.5, 0.6) is 0 Å². The smallest absolute Gasteiger partial charge is 0.232 e. The van der Waals surface area contributed by atoms with Gasteiger partial charge in [-0.05, 0) is 50.9 Å². The molecule has 1 heterocycles. The van der Waals surface area contributed by atoms with E-state index in [0.29, 0.717) is 24.2 Å². The summed E-state index contributed by atoms with van der Waals surface area (Å²) in [5, 5.41) is 3.55. The summed E-state index contributed by atoms with van der Waals surface area (Å²) in [6.45, 7) is 8.55. The van der Waals surface area contributed by atoms with Crippen molar-refractivity contribution < 1.29 is 8.42 Å². The van der Waals surface area contributed by atoms with Gasteiger partial charge in [0.25, 0.3) is 0 Å². The highest BCUT2D eigenvalue weighted by Gasteiger charge is 2.24. The lowest BCUT2D eigenvalue weighted by molar-refractivity contribution is 0.161. The molecule has 1 fully saturated rings. The second-order valence-corrected chi connectivity index (χ2v) is 8.19. The first-order valence-corrected chi connectivity index (χ1v) is 10.2. The number of hydrogen-bond donors (Lipinski definition) is 2. The SMILES string of the molecule is CCCS(=O)(=O)Nc1cccc(N[C@H]2CCN(CC)[C@@H](C)C2)c1. The zero-order chi connectivity index (χ0) is 16.9. The number of rotatable bonds is 7. The van der Waals surface area contributed by atoms with Gasteiger partial charge in [0.2, 0.25) is 10.0 Å². The van der Waals surface area contributed by atoms with E-state index >= 15 is 0 Å². The van der Waals surface area contributed by atoms with Crippen LogP contribution in [0.3, 0.4) is 0 Å². The molecule has 1 aromatic rings. The van der Waals surface area contributed by atoms with Gasteiger partial charge in [-0.1, -0.05) is 19.9 Å². The number of hydrogen-bond acceptors (Lipinski definition) is 4. The standard InChI is InChI=1S/C17H29N3O2S/c1-4-11-23(21,22)19-17-8-6-7-15(13-17)18-16-9-10-20(5-2)14(3)12-16/h6-8,13-14,16,18-19H,4-5,9-12H2,1-3H3/t14-,16-/m0/s1. The minimum absolute atomic E-state index is 0.150. The van der Waals surface area contributed by atoms with E-state index in [2.05, 4.69) is 28.8 Å². The third-order valence-electron chi connectivity index (χ3n) is 4.40. The van der Waals surface area contributed by atoms with Crippen LogP contribution in [0.25, 0.3) is 0 Å². The molecule has 0 unspecified atom stereocenters. The molecule has 0 bridgehead atoms. The minimum Gasteiger partial charge on any atom is -0.382 e. The van der Waals surface area contributed by atoms with E-state index in [4.69, 9.17) is 0 Å². The fraction of sp³-hybridized carbons (Fsp3) is 0.647. The lowest BCUT2D eigenvalue weighted by Crippen LogP contribution is -2.44. The maximum atomic E-state index is 11.9. The first-order valence-electron chi connectivity index (χ1n) is 8.54. The molecule has 2 N–H and O–H groups in total. The number of nitrogens with one attached hydrogen (secondary N) is 2. The normalized spacial score (nSPS) is 22.7. The van der Waals surface area contributed by atoms with Crippen LogP contribution >= 0.6 is 0 Å². The van der Waals surface area contributed by atoms with Gasteiger partial charge in [0, 0.05) is 24.3 Å². The predicted molar refractivity (Wildman–Crippen MR) is 97.5 cm³/mol. The summed E-state index contributed by atoms with van der Waals surface area (Å²) < 4.78 is 26.4. The molecule has 1 aromatic carbocycles. The Morgan fingerprint density at radius 2 is 2.00 bits per heavy atom. The Morgan fingerprint density at radius 1 is 1.26 bits per heavy atom. The Hall–Kier alpha value is -1.27. The second-order valence-electron chi connectivity index (χ2n) is 6.34. The number of benzene rings is 1. The summed E-state index contributed by atoms with van der Waals surface area (Å²) in [6.07, 6.45) is 2.84. The van der Waals surface area contributed by atoms with Crippen molar-refractivity contribution in [3.05, 3.63) is 24.3 Å². The Labute approximate surface area is 140 Å². The van der Waals surface area contributed by atoms with Crippen molar-refractivity contribution in [2.24, 2.45) is 0 Å². The zero-order valence-corrected chi connectivity index (χ0v) is 15.2. The number of piperidine rings is 1. The molecular weight excluding hydrogens is 310 g/mol. The largest absolute Gasteiger partial charge is 0.382 e. The maximum absolute atomic E-state index is 11.9. The van der Waals surface area contributed by atoms with Crippen LogP contribution in [0.2, 0.25) is 0 Å². The van der Waals surface area contributed by atoms with Gasteiger partial charge in [-0.3, -0.25) is 4.72 Å². The van der Waals surface area contributed by atoms with E-state index in [-0.39, 0.29) is 5.75 Å². The van der Waals surface area contributed by atoms with Crippen LogP contribution in [0.4, 0.5) is 11.4 Å². The highest BCUT2D eigenvalue weighted by molar-refractivity contribution is 7.92. The van der Waals surface area contributed by atoms with Crippen LogP contribution in [-0.2, 0) is 10.0 Å². The number of nitrogens with zero attached hydrogens (tertiary/aromatic N) is 1. The third kappa shape index (κ3) is 5.39. The Bertz CT molecular complexity index is 604. The predicted octanol–water partition coefficient (Wildman–Crippen LogP) is 3.12. The van der Waals surface area contributed by atoms with E-state index in [1.54, 1.807) is 6.07 Å². The van der Waals surface area contributed by atoms with Crippen LogP contribution in [0, 0.1) is 0 Å². The number of sulfonamides is 1. The first-order chi connectivity index (χ1) is 10.9. The highest BCUT2D eigenvalue weighted by Crippen LogP contribution is 2.23. The van der Waals surface area contributed by atoms with Gasteiger partial charge in [-0.25, -0.2) is 8.42 Å². The Balaban J connectivity index is 1.98. The monoisotopic (exact) mass is 339 g/mol. The van der Waals surface area contributed by atoms with E-state index in [1.165, 1.54) is 0 Å². The van der Waals surface area contributed by atoms with Crippen LogP contribution in [-0.4, -0.2) is 44.2 Å². The van der Waals surface area contributed by atoms with Gasteiger partial charge in [0.15, 0.2) is 0 Å². The van der Waals surface area contributed by atoms with E-state index < -0.39 is 10.0 Å². The van der Waals surface area contributed by atoms with Gasteiger partial charge in [0.1, 0.15) is 0 Å². The van der Waals surface area contributed by atoms with Crippen LogP contribution < -0.4 is 10.0 Å². The molecule has 1 aliphatic heterocycles. The number of anilines is 2. The van der Waals surface area contributed by atoms with Crippen LogP contribution in [0.1, 0.15) is 40.0 Å². The summed E-state index contributed by atoms with van der Waals surface area (Å²) in [4.78, 5) is 2.49. The summed E-state index contributed by atoms with van der Waals surface area (Å²) in [7, 11) is -3.24. The molecule has 130 valence electrons. The molecule has 0 aromatic heterocycles. The van der Waals surface area contributed by atoms with Gasteiger partial charge in [-0.15, -0.1) is 0 Å². The molecule has 23 heavy (non-hydrogen) atoms. The quantitative estimate of drug-likeness (QED) is 0.801. The van der Waals surface area contributed by atoms with Crippen molar-refractivity contribution in [3.8, 4) is 0 Å². The zero-order valence-electron chi connectivity index (χ0n) is 14.4. The molecule has 1 saturated heterocycles. The fourth-order valence-electron chi connectivity index (χ4n) is 3.23. The van der Waals surface area contributed by atoms with Gasteiger partial charge in [0.05, 0.1) is 11.4 Å². The first kappa shape index (κ1) is 18.1. The molecule has 0 radical (unpaired) electrons. The molecule has 2 atom stereocenters. The molecule has 0 saturated carbocycles. The Morgan fingerprint density at radius 3 is 2.65 bits per heavy atom. The maximum Gasteiger partial charge on any atom is 0.232 e. The minimum atomic E-state index is -3.24. The third-order valence-corrected chi connectivity index (χ3v) is 5.89. The van der Waals surface area contributed by atoms with Gasteiger partial charge >= 0.3 is 0 Å². The summed E-state index contributed by atoms with van der Waals surface area (Å²) >= 11 is 0. The molecule has 1 aliphatic rings. The van der Waals surface area contributed by atoms with Crippen molar-refractivity contribution in [3.63, 3.8) is 0 Å². The molecule has 0 aliphatic carbocycles. The van der Waals surface area contributed by atoms with E-state index in [0.717, 1.165) is 31.6 Å². The van der Waals surface area contributed by atoms with Gasteiger partial charge < -0.3 is 10.2 Å². The average Bonchev–Trinajstić information content (AvgIpc) is 2.47. The van der Waals surface area contributed by atoms with Crippen molar-refractivity contribution in [1.29, 1.82) is 0 Å². The van der Waals surface area contributed by atoms with Gasteiger partial charge in [-0.2, -0.15) is 0 Å². The van der Waals surface area contributed by atoms with Crippen molar-refractivity contribution in [2.45, 2.75) is 52.1 Å². The second kappa shape index (κ2) is 8.02. The van der Waals surface area contributed by atoms with Crippen molar-refractivity contribution in [1.82, 2.24) is 4.90 Å². The summed E-state index contributed by atoms with van der Waals surface area (Å²) in [5.41, 5.74) is 1.60. The van der Waals surface area contributed by atoms with Crippen molar-refractivity contribution in [2.75, 3.05) is 28.9 Å². The topological polar surface area (TPSA) is 61.4 Å². The molecular formula is C17H29N3O2S. The molecule has 2 rings (SSSR count).